The Bertz CT molecular complexity index is 464. The number of rotatable bonds is 5. The van der Waals surface area contributed by atoms with Crippen LogP contribution in [-0.4, -0.2) is 17.3 Å². The van der Waals surface area contributed by atoms with E-state index in [2.05, 4.69) is 41.5 Å². The van der Waals surface area contributed by atoms with Gasteiger partial charge in [-0.05, 0) is 37.6 Å². The highest BCUT2D eigenvalue weighted by Crippen LogP contribution is 2.20. The summed E-state index contributed by atoms with van der Waals surface area (Å²) < 4.78 is 5.16. The van der Waals surface area contributed by atoms with Crippen molar-refractivity contribution in [1.29, 1.82) is 0 Å². The maximum Gasteiger partial charge on any atom is 0.118 e. The van der Waals surface area contributed by atoms with Gasteiger partial charge in [0, 0.05) is 18.3 Å². The van der Waals surface area contributed by atoms with E-state index in [9.17, 15) is 0 Å². The summed E-state index contributed by atoms with van der Waals surface area (Å²) in [6.07, 6.45) is 1.77. The normalized spacial score (nSPS) is 14.2. The van der Waals surface area contributed by atoms with Gasteiger partial charge >= 0.3 is 0 Å². The Morgan fingerprint density at radius 2 is 1.83 bits per heavy atom. The quantitative estimate of drug-likeness (QED) is 0.851. The molecule has 0 fully saturated rings. The summed E-state index contributed by atoms with van der Waals surface area (Å²) >= 11 is 0. The van der Waals surface area contributed by atoms with E-state index in [0.29, 0.717) is 0 Å². The van der Waals surface area contributed by atoms with Crippen LogP contribution in [0.15, 0.2) is 36.5 Å². The van der Waals surface area contributed by atoms with Gasteiger partial charge in [-0.3, -0.25) is 5.10 Å². The number of aromatic nitrogens is 2. The van der Waals surface area contributed by atoms with Gasteiger partial charge in [0.1, 0.15) is 5.75 Å². The fraction of sp³-hybridized carbons (Fsp3) is 0.357. The Kier molecular flexibility index (Phi) is 3.99. The second-order valence-corrected chi connectivity index (χ2v) is 4.40. The van der Waals surface area contributed by atoms with Crippen LogP contribution in [0.5, 0.6) is 5.75 Å². The number of benzene rings is 1. The standard InChI is InChI=1S/C14H19N3O/c1-10(12-4-6-13(18-3)7-5-12)16-11(2)14-8-9-15-17-14/h4-11,16H,1-3H3,(H,15,17). The molecular formula is C14H19N3O. The molecule has 2 N–H and O–H groups in total. The maximum atomic E-state index is 5.16. The van der Waals surface area contributed by atoms with E-state index in [1.807, 2.05) is 18.2 Å². The molecule has 0 amide bonds. The third kappa shape index (κ3) is 2.90. The van der Waals surface area contributed by atoms with Gasteiger partial charge in [0.15, 0.2) is 0 Å². The molecule has 96 valence electrons. The van der Waals surface area contributed by atoms with Gasteiger partial charge in [-0.25, -0.2) is 0 Å². The van der Waals surface area contributed by atoms with Crippen molar-refractivity contribution in [3.05, 3.63) is 47.8 Å². The zero-order valence-corrected chi connectivity index (χ0v) is 11.0. The minimum absolute atomic E-state index is 0.240. The van der Waals surface area contributed by atoms with E-state index >= 15 is 0 Å². The monoisotopic (exact) mass is 245 g/mol. The lowest BCUT2D eigenvalue weighted by Crippen LogP contribution is -2.22. The fourth-order valence-electron chi connectivity index (χ4n) is 1.96. The average molecular weight is 245 g/mol. The zero-order chi connectivity index (χ0) is 13.0. The molecule has 2 rings (SSSR count). The van der Waals surface area contributed by atoms with Gasteiger partial charge in [-0.2, -0.15) is 5.10 Å². The van der Waals surface area contributed by atoms with Crippen molar-refractivity contribution in [2.24, 2.45) is 0 Å². The molecule has 0 bridgehead atoms. The van der Waals surface area contributed by atoms with Crippen molar-refractivity contribution >= 4 is 0 Å². The van der Waals surface area contributed by atoms with E-state index in [1.165, 1.54) is 5.56 Å². The summed E-state index contributed by atoms with van der Waals surface area (Å²) in [6.45, 7) is 4.27. The predicted octanol–water partition coefficient (Wildman–Crippen LogP) is 2.83. The third-order valence-corrected chi connectivity index (χ3v) is 3.10. The largest absolute Gasteiger partial charge is 0.497 e. The lowest BCUT2D eigenvalue weighted by molar-refractivity contribution is 0.414. The Morgan fingerprint density at radius 3 is 2.39 bits per heavy atom. The van der Waals surface area contributed by atoms with Crippen molar-refractivity contribution in [3.63, 3.8) is 0 Å². The molecular weight excluding hydrogens is 226 g/mol. The molecule has 0 saturated carbocycles. The van der Waals surface area contributed by atoms with Gasteiger partial charge < -0.3 is 10.1 Å². The first-order chi connectivity index (χ1) is 8.70. The van der Waals surface area contributed by atoms with E-state index in [0.717, 1.165) is 11.4 Å². The highest BCUT2D eigenvalue weighted by Gasteiger charge is 2.11. The number of hydrogen-bond donors (Lipinski definition) is 2. The highest BCUT2D eigenvalue weighted by molar-refractivity contribution is 5.29. The molecule has 1 heterocycles. The van der Waals surface area contributed by atoms with Crippen LogP contribution in [0, 0.1) is 0 Å². The minimum atomic E-state index is 0.240. The van der Waals surface area contributed by atoms with Crippen LogP contribution in [0.2, 0.25) is 0 Å². The summed E-state index contributed by atoms with van der Waals surface area (Å²) in [5.74, 6) is 0.882. The summed E-state index contributed by atoms with van der Waals surface area (Å²) in [4.78, 5) is 0. The van der Waals surface area contributed by atoms with Crippen LogP contribution in [-0.2, 0) is 0 Å². The fourth-order valence-corrected chi connectivity index (χ4v) is 1.96. The number of aromatic amines is 1. The van der Waals surface area contributed by atoms with Gasteiger partial charge in [0.25, 0.3) is 0 Å². The Labute approximate surface area is 107 Å². The lowest BCUT2D eigenvalue weighted by atomic mass is 10.1. The number of nitrogens with zero attached hydrogens (tertiary/aromatic N) is 1. The van der Waals surface area contributed by atoms with E-state index in [4.69, 9.17) is 4.74 Å². The average Bonchev–Trinajstić information content (AvgIpc) is 2.92. The first-order valence-electron chi connectivity index (χ1n) is 6.10. The SMILES string of the molecule is COc1ccc(C(C)NC(C)c2ccn[nH]2)cc1. The molecule has 0 aliphatic rings. The maximum absolute atomic E-state index is 5.16. The predicted molar refractivity (Wildman–Crippen MR) is 71.5 cm³/mol. The highest BCUT2D eigenvalue weighted by atomic mass is 16.5. The molecule has 0 spiro atoms. The van der Waals surface area contributed by atoms with Crippen molar-refractivity contribution in [2.45, 2.75) is 25.9 Å². The molecule has 2 atom stereocenters. The summed E-state index contributed by atoms with van der Waals surface area (Å²) in [5.41, 5.74) is 2.33. The number of ether oxygens (including phenoxy) is 1. The van der Waals surface area contributed by atoms with E-state index < -0.39 is 0 Å². The molecule has 0 aliphatic carbocycles. The molecule has 1 aromatic carbocycles. The molecule has 4 nitrogen and oxygen atoms in total. The Morgan fingerprint density at radius 1 is 1.11 bits per heavy atom. The van der Waals surface area contributed by atoms with Crippen molar-refractivity contribution in [2.75, 3.05) is 7.11 Å². The minimum Gasteiger partial charge on any atom is -0.497 e. The number of methoxy groups -OCH3 is 1. The van der Waals surface area contributed by atoms with Gasteiger partial charge in [0.2, 0.25) is 0 Å². The second kappa shape index (κ2) is 5.69. The summed E-state index contributed by atoms with van der Waals surface area (Å²) in [5, 5.41) is 10.5. The van der Waals surface area contributed by atoms with Crippen molar-refractivity contribution in [3.8, 4) is 5.75 Å². The molecule has 18 heavy (non-hydrogen) atoms. The van der Waals surface area contributed by atoms with E-state index in [1.54, 1.807) is 13.3 Å². The van der Waals surface area contributed by atoms with Gasteiger partial charge in [0.05, 0.1) is 12.8 Å². The van der Waals surface area contributed by atoms with Crippen LogP contribution < -0.4 is 10.1 Å². The van der Waals surface area contributed by atoms with E-state index in [-0.39, 0.29) is 12.1 Å². The zero-order valence-electron chi connectivity index (χ0n) is 11.0. The molecule has 2 aromatic rings. The molecule has 1 aromatic heterocycles. The molecule has 0 radical (unpaired) electrons. The van der Waals surface area contributed by atoms with Gasteiger partial charge in [-0.1, -0.05) is 12.1 Å². The third-order valence-electron chi connectivity index (χ3n) is 3.10. The topological polar surface area (TPSA) is 49.9 Å². The van der Waals surface area contributed by atoms with Crippen LogP contribution in [0.4, 0.5) is 0 Å². The van der Waals surface area contributed by atoms with Crippen LogP contribution in [0.3, 0.4) is 0 Å². The smallest absolute Gasteiger partial charge is 0.118 e. The number of H-pyrrole nitrogens is 1. The Hall–Kier alpha value is -1.81. The van der Waals surface area contributed by atoms with Gasteiger partial charge in [-0.15, -0.1) is 0 Å². The summed E-state index contributed by atoms with van der Waals surface area (Å²) in [6, 6.07) is 10.6. The van der Waals surface area contributed by atoms with Crippen LogP contribution >= 0.6 is 0 Å². The summed E-state index contributed by atoms with van der Waals surface area (Å²) in [7, 11) is 1.68. The molecule has 2 unspecified atom stereocenters. The molecule has 0 saturated heterocycles. The molecule has 4 heteroatoms. The first kappa shape index (κ1) is 12.6. The first-order valence-corrected chi connectivity index (χ1v) is 6.10. The molecule has 0 aliphatic heterocycles. The van der Waals surface area contributed by atoms with Crippen LogP contribution in [0.1, 0.15) is 37.2 Å². The van der Waals surface area contributed by atoms with Crippen molar-refractivity contribution < 1.29 is 4.74 Å². The lowest BCUT2D eigenvalue weighted by Gasteiger charge is -2.19. The number of hydrogen-bond acceptors (Lipinski definition) is 3. The Balaban J connectivity index is 2.00. The van der Waals surface area contributed by atoms with Crippen molar-refractivity contribution in [1.82, 2.24) is 15.5 Å². The van der Waals surface area contributed by atoms with Crippen LogP contribution in [0.25, 0.3) is 0 Å². The second-order valence-electron chi connectivity index (χ2n) is 4.40. The number of nitrogens with one attached hydrogen (secondary N) is 2.